The summed E-state index contributed by atoms with van der Waals surface area (Å²) in [7, 11) is 0. The molecule has 0 aliphatic carbocycles. The molecule has 2 aromatic rings. The summed E-state index contributed by atoms with van der Waals surface area (Å²) in [6.07, 6.45) is 1.48. The van der Waals surface area contributed by atoms with Gasteiger partial charge in [-0.25, -0.2) is 4.79 Å². The zero-order valence-electron chi connectivity index (χ0n) is 10.9. The number of nitro benzene ring substituents is 1. The number of nitro groups is 1. The molecule has 3 rings (SSSR count). The molecule has 22 heavy (non-hydrogen) atoms. The molecule has 1 aliphatic rings. The first-order valence-electron chi connectivity index (χ1n) is 6.14. The zero-order chi connectivity index (χ0) is 15.9. The van der Waals surface area contributed by atoms with E-state index >= 15 is 0 Å². The van der Waals surface area contributed by atoms with E-state index in [0.717, 1.165) is 0 Å². The third-order valence-corrected chi connectivity index (χ3v) is 3.72. The Labute approximate surface area is 134 Å². The van der Waals surface area contributed by atoms with Crippen LogP contribution in [0, 0.1) is 10.1 Å². The Hall–Kier alpha value is -2.37. The number of nitrogens with zero attached hydrogens (tertiary/aromatic N) is 1. The van der Waals surface area contributed by atoms with E-state index in [1.54, 1.807) is 12.1 Å². The maximum absolute atomic E-state index is 11.8. The topological polar surface area (TPSA) is 69.4 Å². The van der Waals surface area contributed by atoms with Gasteiger partial charge in [-0.05, 0) is 29.8 Å². The number of ether oxygens (including phenoxy) is 1. The minimum absolute atomic E-state index is 0.0940. The third-order valence-electron chi connectivity index (χ3n) is 3.16. The number of hydrogen-bond acceptors (Lipinski definition) is 4. The molecule has 7 heteroatoms. The van der Waals surface area contributed by atoms with Crippen molar-refractivity contribution in [1.29, 1.82) is 0 Å². The molecule has 1 heterocycles. The van der Waals surface area contributed by atoms with Gasteiger partial charge in [-0.3, -0.25) is 10.1 Å². The Morgan fingerprint density at radius 3 is 2.64 bits per heavy atom. The SMILES string of the molecule is O=C1O/C(=C\c2ccc(Cl)cc2Cl)c2c1cccc2[N+](=O)[O-]. The van der Waals surface area contributed by atoms with Crippen LogP contribution in [0.5, 0.6) is 0 Å². The fourth-order valence-electron chi connectivity index (χ4n) is 2.19. The fraction of sp³-hybridized carbons (Fsp3) is 0. The van der Waals surface area contributed by atoms with Gasteiger partial charge in [0, 0.05) is 16.1 Å². The molecular weight excluding hydrogens is 329 g/mol. The second kappa shape index (κ2) is 5.44. The quantitative estimate of drug-likeness (QED) is 0.458. The van der Waals surface area contributed by atoms with Crippen LogP contribution in [0.25, 0.3) is 11.8 Å². The van der Waals surface area contributed by atoms with E-state index < -0.39 is 10.9 Å². The van der Waals surface area contributed by atoms with E-state index in [9.17, 15) is 14.9 Å². The monoisotopic (exact) mass is 335 g/mol. The average molecular weight is 336 g/mol. The predicted molar refractivity (Wildman–Crippen MR) is 82.8 cm³/mol. The number of carbonyl (C=O) groups is 1. The minimum atomic E-state index is -0.630. The van der Waals surface area contributed by atoms with Gasteiger partial charge < -0.3 is 4.74 Å². The summed E-state index contributed by atoms with van der Waals surface area (Å²) in [5, 5.41) is 12.0. The summed E-state index contributed by atoms with van der Waals surface area (Å²) in [6.45, 7) is 0. The smallest absolute Gasteiger partial charge is 0.344 e. The molecule has 1 aliphatic heterocycles. The Balaban J connectivity index is 2.18. The predicted octanol–water partition coefficient (Wildman–Crippen LogP) is 4.57. The molecule has 0 bridgehead atoms. The number of cyclic esters (lactones) is 1. The van der Waals surface area contributed by atoms with Crippen molar-refractivity contribution in [2.75, 3.05) is 0 Å². The zero-order valence-corrected chi connectivity index (χ0v) is 12.4. The van der Waals surface area contributed by atoms with Crippen LogP contribution in [-0.4, -0.2) is 10.9 Å². The molecule has 0 aromatic heterocycles. The Morgan fingerprint density at radius 2 is 1.95 bits per heavy atom. The maximum atomic E-state index is 11.8. The van der Waals surface area contributed by atoms with Gasteiger partial charge in [0.05, 0.1) is 10.5 Å². The van der Waals surface area contributed by atoms with Gasteiger partial charge in [0.2, 0.25) is 0 Å². The summed E-state index contributed by atoms with van der Waals surface area (Å²) in [4.78, 5) is 22.4. The Kier molecular flexibility index (Phi) is 3.60. The van der Waals surface area contributed by atoms with Gasteiger partial charge in [-0.2, -0.15) is 0 Å². The highest BCUT2D eigenvalue weighted by Gasteiger charge is 2.33. The lowest BCUT2D eigenvalue weighted by atomic mass is 10.0. The van der Waals surface area contributed by atoms with Gasteiger partial charge in [0.25, 0.3) is 5.69 Å². The summed E-state index contributed by atoms with van der Waals surface area (Å²) in [5.74, 6) is -0.536. The van der Waals surface area contributed by atoms with E-state index in [-0.39, 0.29) is 22.6 Å². The van der Waals surface area contributed by atoms with Crippen LogP contribution >= 0.6 is 23.2 Å². The summed E-state index contributed by atoms with van der Waals surface area (Å²) in [6, 6.07) is 9.03. The Morgan fingerprint density at radius 1 is 1.18 bits per heavy atom. The fourth-order valence-corrected chi connectivity index (χ4v) is 2.65. The minimum Gasteiger partial charge on any atom is -0.422 e. The molecule has 0 saturated heterocycles. The molecule has 0 saturated carbocycles. The van der Waals surface area contributed by atoms with E-state index in [4.69, 9.17) is 27.9 Å². The van der Waals surface area contributed by atoms with Gasteiger partial charge in [-0.1, -0.05) is 35.3 Å². The molecule has 0 unspecified atom stereocenters. The lowest BCUT2D eigenvalue weighted by Gasteiger charge is -2.02. The number of rotatable bonds is 2. The molecule has 5 nitrogen and oxygen atoms in total. The van der Waals surface area contributed by atoms with Gasteiger partial charge in [-0.15, -0.1) is 0 Å². The van der Waals surface area contributed by atoms with Crippen molar-refractivity contribution in [2.45, 2.75) is 0 Å². The van der Waals surface area contributed by atoms with Crippen molar-refractivity contribution >= 4 is 46.7 Å². The van der Waals surface area contributed by atoms with Crippen molar-refractivity contribution in [3.8, 4) is 0 Å². The highest BCUT2D eigenvalue weighted by atomic mass is 35.5. The van der Waals surface area contributed by atoms with E-state index in [1.807, 2.05) is 0 Å². The Bertz CT molecular complexity index is 845. The van der Waals surface area contributed by atoms with E-state index in [1.165, 1.54) is 30.3 Å². The van der Waals surface area contributed by atoms with Crippen molar-refractivity contribution in [2.24, 2.45) is 0 Å². The van der Waals surface area contributed by atoms with Crippen molar-refractivity contribution in [3.05, 3.63) is 73.2 Å². The second-order valence-electron chi connectivity index (χ2n) is 4.52. The molecule has 0 N–H and O–H groups in total. The van der Waals surface area contributed by atoms with Crippen LogP contribution in [0.4, 0.5) is 5.69 Å². The number of fused-ring (bicyclic) bond motifs is 1. The lowest BCUT2D eigenvalue weighted by molar-refractivity contribution is -0.385. The second-order valence-corrected chi connectivity index (χ2v) is 5.36. The molecule has 2 aromatic carbocycles. The van der Waals surface area contributed by atoms with Crippen molar-refractivity contribution in [3.63, 3.8) is 0 Å². The van der Waals surface area contributed by atoms with E-state index in [0.29, 0.717) is 15.6 Å². The molecule has 0 atom stereocenters. The van der Waals surface area contributed by atoms with Crippen molar-refractivity contribution < 1.29 is 14.5 Å². The van der Waals surface area contributed by atoms with Gasteiger partial charge in [0.1, 0.15) is 11.3 Å². The molecule has 110 valence electrons. The van der Waals surface area contributed by atoms with Crippen LogP contribution in [0.2, 0.25) is 10.0 Å². The third kappa shape index (κ3) is 2.45. The summed E-state index contributed by atoms with van der Waals surface area (Å²) in [5.41, 5.74) is 0.661. The lowest BCUT2D eigenvalue weighted by Crippen LogP contribution is -1.95. The normalized spacial score (nSPS) is 14.8. The van der Waals surface area contributed by atoms with Gasteiger partial charge in [0.15, 0.2) is 0 Å². The van der Waals surface area contributed by atoms with Crippen LogP contribution in [0.1, 0.15) is 21.5 Å². The first-order chi connectivity index (χ1) is 10.5. The average Bonchev–Trinajstić information content (AvgIpc) is 2.78. The van der Waals surface area contributed by atoms with Crippen molar-refractivity contribution in [1.82, 2.24) is 0 Å². The number of benzene rings is 2. The van der Waals surface area contributed by atoms with Gasteiger partial charge >= 0.3 is 5.97 Å². The van der Waals surface area contributed by atoms with E-state index in [2.05, 4.69) is 0 Å². The highest BCUT2D eigenvalue weighted by Crippen LogP contribution is 2.38. The first-order valence-corrected chi connectivity index (χ1v) is 6.89. The largest absolute Gasteiger partial charge is 0.422 e. The van der Waals surface area contributed by atoms with Crippen LogP contribution in [0.15, 0.2) is 36.4 Å². The van der Waals surface area contributed by atoms with Crippen LogP contribution in [0.3, 0.4) is 0 Å². The first kappa shape index (κ1) is 14.6. The number of carbonyl (C=O) groups excluding carboxylic acids is 1. The number of hydrogen-bond donors (Lipinski definition) is 0. The number of halogens is 2. The van der Waals surface area contributed by atoms with Crippen LogP contribution < -0.4 is 0 Å². The maximum Gasteiger partial charge on any atom is 0.344 e. The molecule has 0 radical (unpaired) electrons. The standard InChI is InChI=1S/C15H7Cl2NO4/c16-9-5-4-8(11(17)7-9)6-13-14-10(15(19)22-13)2-1-3-12(14)18(20)21/h1-7H/b13-6-. The highest BCUT2D eigenvalue weighted by molar-refractivity contribution is 6.35. The van der Waals surface area contributed by atoms with Crippen LogP contribution in [-0.2, 0) is 4.74 Å². The summed E-state index contributed by atoms with van der Waals surface area (Å²) >= 11 is 11.9. The number of esters is 1. The molecule has 0 amide bonds. The summed E-state index contributed by atoms with van der Waals surface area (Å²) < 4.78 is 5.14. The molecular formula is C15H7Cl2NO4. The molecule has 0 fully saturated rings. The molecule has 0 spiro atoms.